The quantitative estimate of drug-likeness (QED) is 0.157. The second-order valence-corrected chi connectivity index (χ2v) is 7.96. The van der Waals surface area contributed by atoms with Crippen LogP contribution in [0.5, 0.6) is 0 Å². The van der Waals surface area contributed by atoms with E-state index in [0.29, 0.717) is 0 Å². The van der Waals surface area contributed by atoms with Gasteiger partial charge in [0.05, 0.1) is 0 Å². The predicted molar refractivity (Wildman–Crippen MR) is 80.6 cm³/mol. The third kappa shape index (κ3) is 26.7. The van der Waals surface area contributed by atoms with E-state index in [-0.39, 0.29) is 124 Å². The number of rotatable bonds is 6. The predicted octanol–water partition coefficient (Wildman–Crippen LogP) is -3.01. The van der Waals surface area contributed by atoms with Gasteiger partial charge in [-0.1, -0.05) is 0 Å². The molecule has 9 N–H and O–H groups in total. The Morgan fingerprint density at radius 1 is 0.500 bits per heavy atom. The van der Waals surface area contributed by atoms with Gasteiger partial charge in [0.2, 0.25) is 0 Å². The first kappa shape index (κ1) is 41.0. The average Bonchev–Trinajstić information content (AvgIpc) is 1.65. The zero-order chi connectivity index (χ0) is 14.1. The van der Waals surface area contributed by atoms with Crippen LogP contribution in [0.1, 0.15) is 0 Å². The third-order valence-corrected chi connectivity index (χ3v) is 5.63. The molecule has 14 nitrogen and oxygen atoms in total. The van der Waals surface area contributed by atoms with Crippen molar-refractivity contribution in [3.8, 4) is 0 Å². The van der Waals surface area contributed by atoms with E-state index in [9.17, 15) is 18.3 Å². The molecule has 0 saturated heterocycles. The number of hydrogen-bond acceptors (Lipinski definition) is 8. The molecule has 2 atom stereocenters. The molecule has 0 bridgehead atoms. The van der Waals surface area contributed by atoms with E-state index < -0.39 is 31.3 Å². The van der Waals surface area contributed by atoms with Gasteiger partial charge in [0.15, 0.2) is 0 Å². The van der Waals surface area contributed by atoms with Gasteiger partial charge in [0.25, 0.3) is 0 Å². The van der Waals surface area contributed by atoms with Crippen LogP contribution >= 0.6 is 31.3 Å². The molecule has 0 aliphatic heterocycles. The third-order valence-electron chi connectivity index (χ3n) is 0.625. The second-order valence-electron chi connectivity index (χ2n) is 2.16. The first-order chi connectivity index (χ1) is 7.12. The standard InChI is InChI=1S/H3N.4Na.H6O13P4.4H/c;;;;;1-14(2,3)11-16(7,8)13-17(9,10)12-15(4,5)6;;;;/h1H3;;;;;(H,7,8)(H,9,10)(H2,1,2,3)(H2,4,5,6);;;;. The van der Waals surface area contributed by atoms with Gasteiger partial charge >= 0.3 is 150 Å². The number of phosphoric acid groups is 4. The average molecular weight is 451 g/mol. The molecule has 0 radical (unpaired) electrons. The van der Waals surface area contributed by atoms with Crippen molar-refractivity contribution in [1.29, 1.82) is 0 Å². The maximum atomic E-state index is 10.7. The summed E-state index contributed by atoms with van der Waals surface area (Å²) >= 11 is 0. The molecular weight excluding hydrogens is 438 g/mol. The molecular formula is H13NNa4O13P4. The molecule has 0 heterocycles. The fourth-order valence-corrected chi connectivity index (χ4v) is 4.40. The van der Waals surface area contributed by atoms with E-state index in [1.165, 1.54) is 0 Å². The van der Waals surface area contributed by atoms with Gasteiger partial charge in [-0.2, -0.15) is 12.9 Å². The molecule has 0 aliphatic rings. The second kappa shape index (κ2) is 15.4. The summed E-state index contributed by atoms with van der Waals surface area (Å²) in [6.45, 7) is 0. The van der Waals surface area contributed by atoms with Crippen LogP contribution in [0.4, 0.5) is 0 Å². The van der Waals surface area contributed by atoms with Gasteiger partial charge < -0.3 is 35.5 Å². The van der Waals surface area contributed by atoms with Crippen molar-refractivity contribution >= 4 is 150 Å². The Morgan fingerprint density at radius 2 is 0.682 bits per heavy atom. The van der Waals surface area contributed by atoms with Crippen LogP contribution in [-0.2, 0) is 31.2 Å². The zero-order valence-corrected chi connectivity index (χ0v) is 11.6. The molecule has 2 unspecified atom stereocenters. The van der Waals surface area contributed by atoms with Crippen molar-refractivity contribution < 1.29 is 60.6 Å². The van der Waals surface area contributed by atoms with Crippen molar-refractivity contribution in [3.05, 3.63) is 0 Å². The summed E-state index contributed by atoms with van der Waals surface area (Å²) < 4.78 is 50.9. The molecule has 0 amide bonds. The molecule has 0 spiro atoms. The SMILES string of the molecule is N.O=P(O)(O)OP(=O)(O)OP(=O)(O)OP(=O)(O)O.[NaH].[NaH].[NaH].[NaH]. The fourth-order valence-electron chi connectivity index (χ4n) is 0.429. The van der Waals surface area contributed by atoms with Crippen LogP contribution in [0, 0.1) is 0 Å². The van der Waals surface area contributed by atoms with E-state index in [2.05, 4.69) is 12.9 Å². The molecule has 0 saturated carbocycles. The molecule has 0 aromatic carbocycles. The molecule has 22 heavy (non-hydrogen) atoms. The van der Waals surface area contributed by atoms with Crippen LogP contribution in [0.15, 0.2) is 0 Å². The summed E-state index contributed by atoms with van der Waals surface area (Å²) in [5.41, 5.74) is 0. The first-order valence-corrected chi connectivity index (χ1v) is 9.08. The van der Waals surface area contributed by atoms with Crippen LogP contribution in [0.3, 0.4) is 0 Å². The van der Waals surface area contributed by atoms with Crippen LogP contribution in [-0.4, -0.2) is 148 Å². The Kier molecular flexibility index (Phi) is 28.8. The molecule has 120 valence electrons. The monoisotopic (exact) mass is 451 g/mol. The summed E-state index contributed by atoms with van der Waals surface area (Å²) in [5.74, 6) is 0. The minimum absolute atomic E-state index is 0. The Morgan fingerprint density at radius 3 is 0.818 bits per heavy atom. The van der Waals surface area contributed by atoms with E-state index in [4.69, 9.17) is 29.4 Å². The molecule has 0 fully saturated rings. The van der Waals surface area contributed by atoms with Crippen molar-refractivity contribution in [2.45, 2.75) is 0 Å². The first-order valence-electron chi connectivity index (χ1n) is 3.03. The Labute approximate surface area is 212 Å². The van der Waals surface area contributed by atoms with Gasteiger partial charge in [-0.05, 0) is 0 Å². The van der Waals surface area contributed by atoms with Gasteiger partial charge in [0.1, 0.15) is 0 Å². The van der Waals surface area contributed by atoms with Crippen molar-refractivity contribution in [2.24, 2.45) is 0 Å². The molecule has 22 heteroatoms. The zero-order valence-electron chi connectivity index (χ0n) is 8.04. The topological polar surface area (TPSA) is 252 Å². The molecule has 0 aliphatic carbocycles. The Balaban J connectivity index is -0.000000128. The van der Waals surface area contributed by atoms with E-state index in [1.54, 1.807) is 0 Å². The number of hydrogen-bond donors (Lipinski definition) is 7. The van der Waals surface area contributed by atoms with Crippen molar-refractivity contribution in [3.63, 3.8) is 0 Å². The van der Waals surface area contributed by atoms with Gasteiger partial charge in [0, 0.05) is 0 Å². The van der Waals surface area contributed by atoms with Crippen molar-refractivity contribution in [1.82, 2.24) is 6.15 Å². The normalized spacial score (nSPS) is 15.9. The van der Waals surface area contributed by atoms with E-state index in [1.807, 2.05) is 0 Å². The van der Waals surface area contributed by atoms with Crippen LogP contribution < -0.4 is 6.15 Å². The van der Waals surface area contributed by atoms with E-state index >= 15 is 0 Å². The summed E-state index contributed by atoms with van der Waals surface area (Å²) in [7, 11) is -22.6. The van der Waals surface area contributed by atoms with Crippen LogP contribution in [0.2, 0.25) is 0 Å². The summed E-state index contributed by atoms with van der Waals surface area (Å²) in [6.07, 6.45) is 0. The Bertz CT molecular complexity index is 423. The Hall–Kier alpha value is 4.52. The summed E-state index contributed by atoms with van der Waals surface area (Å²) in [6, 6.07) is 0. The molecule has 0 aromatic heterocycles. The van der Waals surface area contributed by atoms with Crippen LogP contribution in [0.25, 0.3) is 0 Å². The molecule has 0 aromatic rings. The molecule has 0 rings (SSSR count). The van der Waals surface area contributed by atoms with Gasteiger partial charge in [-0.15, -0.1) is 0 Å². The van der Waals surface area contributed by atoms with Crippen molar-refractivity contribution in [2.75, 3.05) is 0 Å². The van der Waals surface area contributed by atoms with E-state index in [0.717, 1.165) is 0 Å². The van der Waals surface area contributed by atoms with Gasteiger partial charge in [-0.25, -0.2) is 18.3 Å². The summed E-state index contributed by atoms with van der Waals surface area (Å²) in [5, 5.41) is 0. The minimum atomic E-state index is -5.77. The fraction of sp³-hybridized carbons (Fsp3) is 0. The summed E-state index contributed by atoms with van der Waals surface area (Å²) in [4.78, 5) is 49.4. The van der Waals surface area contributed by atoms with Gasteiger partial charge in [-0.3, -0.25) is 0 Å². The maximum absolute atomic E-state index is 10.7.